The Morgan fingerprint density at radius 2 is 1.81 bits per heavy atom. The van der Waals surface area contributed by atoms with Gasteiger partial charge in [0.1, 0.15) is 5.75 Å². The summed E-state index contributed by atoms with van der Waals surface area (Å²) in [6, 6.07) is 9.60. The smallest absolute Gasteiger partial charge is 0.118 e. The Kier molecular flexibility index (Phi) is 4.51. The maximum atomic E-state index is 6.30. The normalized spacial score (nSPS) is 30.3. The van der Waals surface area contributed by atoms with Crippen molar-refractivity contribution in [1.29, 1.82) is 0 Å². The number of benzene rings is 1. The first-order chi connectivity index (χ1) is 10.2. The van der Waals surface area contributed by atoms with E-state index in [2.05, 4.69) is 36.1 Å². The highest BCUT2D eigenvalue weighted by molar-refractivity contribution is 5.27. The Labute approximate surface area is 128 Å². The molecule has 3 rings (SSSR count). The van der Waals surface area contributed by atoms with E-state index in [-0.39, 0.29) is 0 Å². The topological polar surface area (TPSA) is 38.5 Å². The molecule has 1 aromatic carbocycles. The zero-order valence-electron chi connectivity index (χ0n) is 13.3. The molecule has 0 amide bonds. The van der Waals surface area contributed by atoms with E-state index in [9.17, 15) is 0 Å². The van der Waals surface area contributed by atoms with E-state index in [1.165, 1.54) is 37.9 Å². The number of hydrogen-bond donors (Lipinski definition) is 1. The standard InChI is InChI=1S/C18H28N2O/c1-13(3-4-14-5-9-17(21-2)10-6-14)20-11-15-7-8-16(12-20)18(15)19/h5-6,9-10,13,15-16,18H,3-4,7-8,11-12,19H2,1-2H3/t13-,15-,16+,18?/m1/s1. The largest absolute Gasteiger partial charge is 0.497 e. The van der Waals surface area contributed by atoms with Gasteiger partial charge in [0.05, 0.1) is 7.11 Å². The van der Waals surface area contributed by atoms with Crippen molar-refractivity contribution < 1.29 is 4.74 Å². The van der Waals surface area contributed by atoms with Crippen LogP contribution in [-0.4, -0.2) is 37.2 Å². The van der Waals surface area contributed by atoms with E-state index in [0.717, 1.165) is 24.0 Å². The number of fused-ring (bicyclic) bond motifs is 2. The lowest BCUT2D eigenvalue weighted by molar-refractivity contribution is 0.105. The zero-order chi connectivity index (χ0) is 14.8. The average molecular weight is 288 g/mol. The molecule has 1 aliphatic heterocycles. The fourth-order valence-electron chi connectivity index (χ4n) is 4.01. The van der Waals surface area contributed by atoms with Crippen molar-refractivity contribution >= 4 is 0 Å². The molecule has 1 heterocycles. The summed E-state index contributed by atoms with van der Waals surface area (Å²) in [6.45, 7) is 4.79. The quantitative estimate of drug-likeness (QED) is 0.905. The van der Waals surface area contributed by atoms with Gasteiger partial charge in [-0.1, -0.05) is 12.1 Å². The minimum atomic E-state index is 0.468. The summed E-state index contributed by atoms with van der Waals surface area (Å²) < 4.78 is 5.21. The highest BCUT2D eigenvalue weighted by Crippen LogP contribution is 2.36. The second-order valence-electron chi connectivity index (χ2n) is 6.86. The number of piperidine rings is 1. The second kappa shape index (κ2) is 6.37. The number of nitrogens with two attached hydrogens (primary N) is 1. The summed E-state index contributed by atoms with van der Waals surface area (Å²) in [5.41, 5.74) is 7.70. The maximum Gasteiger partial charge on any atom is 0.118 e. The van der Waals surface area contributed by atoms with Gasteiger partial charge in [0.15, 0.2) is 0 Å². The molecule has 0 spiro atoms. The third-order valence-electron chi connectivity index (χ3n) is 5.57. The number of methoxy groups -OCH3 is 1. The molecule has 2 fully saturated rings. The molecule has 2 bridgehead atoms. The molecule has 2 aliphatic rings. The molecule has 3 nitrogen and oxygen atoms in total. The predicted molar refractivity (Wildman–Crippen MR) is 86.5 cm³/mol. The predicted octanol–water partition coefficient (Wildman–Crippen LogP) is 2.69. The molecule has 4 atom stereocenters. The summed E-state index contributed by atoms with van der Waals surface area (Å²) in [5, 5.41) is 0. The molecule has 1 aliphatic carbocycles. The Morgan fingerprint density at radius 3 is 2.38 bits per heavy atom. The number of aryl methyl sites for hydroxylation is 1. The molecule has 0 radical (unpaired) electrons. The van der Waals surface area contributed by atoms with E-state index >= 15 is 0 Å². The Morgan fingerprint density at radius 1 is 1.19 bits per heavy atom. The molecular formula is C18H28N2O. The molecule has 0 aromatic heterocycles. The van der Waals surface area contributed by atoms with Gasteiger partial charge in [-0.25, -0.2) is 0 Å². The molecule has 3 heteroatoms. The van der Waals surface area contributed by atoms with E-state index in [0.29, 0.717) is 12.1 Å². The van der Waals surface area contributed by atoms with Crippen LogP contribution >= 0.6 is 0 Å². The summed E-state index contributed by atoms with van der Waals surface area (Å²) in [5.74, 6) is 2.42. The van der Waals surface area contributed by atoms with Crippen molar-refractivity contribution in [3.63, 3.8) is 0 Å². The minimum absolute atomic E-state index is 0.468. The Bertz CT molecular complexity index is 445. The number of likely N-dealkylation sites (tertiary alicyclic amines) is 1. The minimum Gasteiger partial charge on any atom is -0.497 e. The van der Waals surface area contributed by atoms with Crippen LogP contribution in [0.3, 0.4) is 0 Å². The van der Waals surface area contributed by atoms with Crippen LogP contribution in [0.15, 0.2) is 24.3 Å². The van der Waals surface area contributed by atoms with Crippen LogP contribution in [0.25, 0.3) is 0 Å². The fraction of sp³-hybridized carbons (Fsp3) is 0.667. The molecule has 21 heavy (non-hydrogen) atoms. The van der Waals surface area contributed by atoms with E-state index in [1.54, 1.807) is 7.11 Å². The van der Waals surface area contributed by atoms with Gasteiger partial charge in [0.2, 0.25) is 0 Å². The van der Waals surface area contributed by atoms with E-state index in [1.807, 2.05) is 0 Å². The molecule has 2 N–H and O–H groups in total. The zero-order valence-corrected chi connectivity index (χ0v) is 13.3. The second-order valence-corrected chi connectivity index (χ2v) is 6.86. The van der Waals surface area contributed by atoms with Crippen LogP contribution in [0.1, 0.15) is 31.7 Å². The van der Waals surface area contributed by atoms with Gasteiger partial charge in [0, 0.05) is 25.2 Å². The van der Waals surface area contributed by atoms with Gasteiger partial charge in [-0.05, 0) is 62.1 Å². The monoisotopic (exact) mass is 288 g/mol. The van der Waals surface area contributed by atoms with Gasteiger partial charge < -0.3 is 10.5 Å². The number of nitrogens with zero attached hydrogens (tertiary/aromatic N) is 1. The first-order valence-electron chi connectivity index (χ1n) is 8.30. The van der Waals surface area contributed by atoms with Gasteiger partial charge in [-0.2, -0.15) is 0 Å². The van der Waals surface area contributed by atoms with Crippen LogP contribution < -0.4 is 10.5 Å². The molecule has 1 unspecified atom stereocenters. The van der Waals surface area contributed by atoms with Crippen molar-refractivity contribution in [1.82, 2.24) is 4.90 Å². The number of rotatable bonds is 5. The van der Waals surface area contributed by atoms with E-state index < -0.39 is 0 Å². The van der Waals surface area contributed by atoms with Crippen LogP contribution in [0.2, 0.25) is 0 Å². The summed E-state index contributed by atoms with van der Waals surface area (Å²) in [7, 11) is 1.71. The lowest BCUT2D eigenvalue weighted by Gasteiger charge is -2.39. The lowest BCUT2D eigenvalue weighted by Crippen LogP contribution is -2.51. The van der Waals surface area contributed by atoms with Gasteiger partial charge in [-0.15, -0.1) is 0 Å². The highest BCUT2D eigenvalue weighted by atomic mass is 16.5. The fourth-order valence-corrected chi connectivity index (χ4v) is 4.01. The first-order valence-corrected chi connectivity index (χ1v) is 8.30. The van der Waals surface area contributed by atoms with Crippen LogP contribution in [0.4, 0.5) is 0 Å². The van der Waals surface area contributed by atoms with Crippen molar-refractivity contribution in [2.24, 2.45) is 17.6 Å². The van der Waals surface area contributed by atoms with Crippen LogP contribution in [-0.2, 0) is 6.42 Å². The SMILES string of the molecule is COc1ccc(CC[C@@H](C)N2C[C@H]3CC[C@@H](C2)C3N)cc1. The highest BCUT2D eigenvalue weighted by Gasteiger charge is 2.40. The molecule has 1 saturated heterocycles. The molecule has 116 valence electrons. The summed E-state index contributed by atoms with van der Waals surface area (Å²) >= 11 is 0. The van der Waals surface area contributed by atoms with Gasteiger partial charge >= 0.3 is 0 Å². The number of ether oxygens (including phenoxy) is 1. The van der Waals surface area contributed by atoms with Crippen molar-refractivity contribution in [2.75, 3.05) is 20.2 Å². The molecule has 1 saturated carbocycles. The molecular weight excluding hydrogens is 260 g/mol. The summed E-state index contributed by atoms with van der Waals surface area (Å²) in [4.78, 5) is 2.68. The Hall–Kier alpha value is -1.06. The van der Waals surface area contributed by atoms with Crippen molar-refractivity contribution in [2.45, 2.75) is 44.7 Å². The van der Waals surface area contributed by atoms with Gasteiger partial charge in [0.25, 0.3) is 0 Å². The third-order valence-corrected chi connectivity index (χ3v) is 5.57. The average Bonchev–Trinajstić information content (AvgIpc) is 2.74. The lowest BCUT2D eigenvalue weighted by atomic mass is 9.91. The van der Waals surface area contributed by atoms with Crippen molar-refractivity contribution in [3.05, 3.63) is 29.8 Å². The maximum absolute atomic E-state index is 6.30. The third kappa shape index (κ3) is 3.24. The van der Waals surface area contributed by atoms with Crippen LogP contribution in [0.5, 0.6) is 5.75 Å². The summed E-state index contributed by atoms with van der Waals surface area (Å²) in [6.07, 6.45) is 5.05. The number of hydrogen-bond acceptors (Lipinski definition) is 3. The first kappa shape index (κ1) is 14.9. The van der Waals surface area contributed by atoms with Crippen molar-refractivity contribution in [3.8, 4) is 5.75 Å². The Balaban J connectivity index is 1.51. The van der Waals surface area contributed by atoms with E-state index in [4.69, 9.17) is 10.5 Å². The van der Waals surface area contributed by atoms with Gasteiger partial charge in [-0.3, -0.25) is 4.90 Å². The van der Waals surface area contributed by atoms with Crippen LogP contribution in [0, 0.1) is 11.8 Å². The molecule has 1 aromatic rings.